The third-order valence-electron chi connectivity index (χ3n) is 4.02. The second-order valence-electron chi connectivity index (χ2n) is 6.07. The van der Waals surface area contributed by atoms with Crippen molar-refractivity contribution in [2.75, 3.05) is 6.61 Å². The van der Waals surface area contributed by atoms with E-state index in [1.54, 1.807) is 24.3 Å². The van der Waals surface area contributed by atoms with Gasteiger partial charge in [0.25, 0.3) is 11.5 Å². The number of halogens is 1. The van der Waals surface area contributed by atoms with Crippen LogP contribution in [0.2, 0.25) is 0 Å². The molecule has 0 fully saturated rings. The van der Waals surface area contributed by atoms with Gasteiger partial charge in [-0.1, -0.05) is 45.4 Å². The number of esters is 1. The second kappa shape index (κ2) is 8.75. The Hall–Kier alpha value is -3.07. The first-order chi connectivity index (χ1) is 13.4. The molecular formula is C19H17BrN4O4. The van der Waals surface area contributed by atoms with Crippen molar-refractivity contribution in [3.05, 3.63) is 68.9 Å². The minimum absolute atomic E-state index is 0.242. The van der Waals surface area contributed by atoms with Crippen LogP contribution in [-0.2, 0) is 20.9 Å². The summed E-state index contributed by atoms with van der Waals surface area (Å²) in [7, 11) is 0. The Labute approximate surface area is 168 Å². The van der Waals surface area contributed by atoms with E-state index in [2.05, 4.69) is 31.6 Å². The maximum absolute atomic E-state index is 12.3. The maximum atomic E-state index is 12.3. The van der Waals surface area contributed by atoms with Crippen molar-refractivity contribution in [3.63, 3.8) is 0 Å². The van der Waals surface area contributed by atoms with Crippen molar-refractivity contribution in [2.45, 2.75) is 19.5 Å². The highest BCUT2D eigenvalue weighted by atomic mass is 79.9. The van der Waals surface area contributed by atoms with E-state index in [1.165, 1.54) is 0 Å². The number of carbonyl (C=O) groups excluding carboxylic acids is 2. The van der Waals surface area contributed by atoms with E-state index in [4.69, 9.17) is 4.74 Å². The van der Waals surface area contributed by atoms with E-state index in [1.807, 2.05) is 31.2 Å². The smallest absolute Gasteiger partial charge is 0.328 e. The highest BCUT2D eigenvalue weighted by Gasteiger charge is 2.14. The van der Waals surface area contributed by atoms with Gasteiger partial charge in [-0.2, -0.15) is 4.68 Å². The zero-order valence-corrected chi connectivity index (χ0v) is 16.5. The summed E-state index contributed by atoms with van der Waals surface area (Å²) < 4.78 is 6.79. The van der Waals surface area contributed by atoms with Gasteiger partial charge in [-0.3, -0.25) is 14.4 Å². The molecule has 1 unspecified atom stereocenters. The van der Waals surface area contributed by atoms with Gasteiger partial charge in [-0.15, -0.1) is 5.10 Å². The third kappa shape index (κ3) is 4.80. The molecule has 0 aliphatic heterocycles. The van der Waals surface area contributed by atoms with Gasteiger partial charge < -0.3 is 10.1 Å². The zero-order valence-electron chi connectivity index (χ0n) is 15.0. The summed E-state index contributed by atoms with van der Waals surface area (Å²) in [5.74, 6) is -1.20. The number of rotatable bonds is 6. The lowest BCUT2D eigenvalue weighted by atomic mass is 10.1. The summed E-state index contributed by atoms with van der Waals surface area (Å²) in [4.78, 5) is 36.3. The molecule has 1 aromatic heterocycles. The third-order valence-corrected chi connectivity index (χ3v) is 4.55. The normalized spacial score (nSPS) is 11.8. The van der Waals surface area contributed by atoms with Crippen molar-refractivity contribution in [2.24, 2.45) is 0 Å². The first-order valence-electron chi connectivity index (χ1n) is 8.47. The molecule has 1 N–H and O–H groups in total. The summed E-state index contributed by atoms with van der Waals surface area (Å²) in [6.45, 7) is 0.953. The SMILES string of the molecule is CC(NC(=O)COC(=O)Cn1nnc2ccccc2c1=O)c1ccc(Br)cc1. The molecule has 0 aliphatic rings. The van der Waals surface area contributed by atoms with Gasteiger partial charge in [0.15, 0.2) is 6.61 Å². The minimum Gasteiger partial charge on any atom is -0.454 e. The topological polar surface area (TPSA) is 103 Å². The summed E-state index contributed by atoms with van der Waals surface area (Å²) >= 11 is 3.35. The van der Waals surface area contributed by atoms with E-state index in [9.17, 15) is 14.4 Å². The second-order valence-corrected chi connectivity index (χ2v) is 6.99. The fourth-order valence-electron chi connectivity index (χ4n) is 2.56. The summed E-state index contributed by atoms with van der Waals surface area (Å²) in [6, 6.07) is 14.0. The molecule has 3 aromatic rings. The Morgan fingerprint density at radius 3 is 2.64 bits per heavy atom. The zero-order chi connectivity index (χ0) is 20.1. The van der Waals surface area contributed by atoms with E-state index in [-0.39, 0.29) is 6.04 Å². The van der Waals surface area contributed by atoms with E-state index >= 15 is 0 Å². The predicted molar refractivity (Wildman–Crippen MR) is 105 cm³/mol. The average molecular weight is 445 g/mol. The molecule has 0 radical (unpaired) electrons. The van der Waals surface area contributed by atoms with Crippen LogP contribution >= 0.6 is 15.9 Å². The maximum Gasteiger partial charge on any atom is 0.328 e. The van der Waals surface area contributed by atoms with E-state index < -0.39 is 30.6 Å². The number of ether oxygens (including phenoxy) is 1. The molecule has 8 nitrogen and oxygen atoms in total. The van der Waals surface area contributed by atoms with E-state index in [0.29, 0.717) is 10.9 Å². The lowest BCUT2D eigenvalue weighted by Crippen LogP contribution is -2.33. The van der Waals surface area contributed by atoms with Crippen molar-refractivity contribution in [3.8, 4) is 0 Å². The number of amides is 1. The molecule has 9 heteroatoms. The van der Waals surface area contributed by atoms with Gasteiger partial charge in [0, 0.05) is 4.47 Å². The Morgan fingerprint density at radius 1 is 1.18 bits per heavy atom. The lowest BCUT2D eigenvalue weighted by molar-refractivity contribution is -0.149. The number of aromatic nitrogens is 3. The van der Waals surface area contributed by atoms with Gasteiger partial charge in [0.2, 0.25) is 0 Å². The van der Waals surface area contributed by atoms with Crippen LogP contribution in [0.15, 0.2) is 57.8 Å². The molecule has 1 heterocycles. The Morgan fingerprint density at radius 2 is 1.89 bits per heavy atom. The van der Waals surface area contributed by atoms with Crippen molar-refractivity contribution in [1.29, 1.82) is 0 Å². The monoisotopic (exact) mass is 444 g/mol. The van der Waals surface area contributed by atoms with Gasteiger partial charge in [-0.25, -0.2) is 0 Å². The number of benzene rings is 2. The molecular weight excluding hydrogens is 428 g/mol. The number of carbonyl (C=O) groups is 2. The number of hydrogen-bond donors (Lipinski definition) is 1. The summed E-state index contributed by atoms with van der Waals surface area (Å²) in [5, 5.41) is 10.7. The van der Waals surface area contributed by atoms with Gasteiger partial charge >= 0.3 is 5.97 Å². The highest BCUT2D eigenvalue weighted by molar-refractivity contribution is 9.10. The lowest BCUT2D eigenvalue weighted by Gasteiger charge is -2.14. The Balaban J connectivity index is 1.54. The number of nitrogens with zero attached hydrogens (tertiary/aromatic N) is 3. The van der Waals surface area contributed by atoms with Gasteiger partial charge in [0.05, 0.1) is 11.4 Å². The fourth-order valence-corrected chi connectivity index (χ4v) is 2.82. The molecule has 0 bridgehead atoms. The van der Waals surface area contributed by atoms with Crippen molar-refractivity contribution in [1.82, 2.24) is 20.3 Å². The van der Waals surface area contributed by atoms with Crippen LogP contribution in [0.3, 0.4) is 0 Å². The van der Waals surface area contributed by atoms with Crippen LogP contribution in [-0.4, -0.2) is 33.5 Å². The number of hydrogen-bond acceptors (Lipinski definition) is 6. The van der Waals surface area contributed by atoms with Crippen LogP contribution in [0, 0.1) is 0 Å². The van der Waals surface area contributed by atoms with Crippen molar-refractivity contribution >= 4 is 38.7 Å². The average Bonchev–Trinajstić information content (AvgIpc) is 2.69. The standard InChI is InChI=1S/C19H17BrN4O4/c1-12(13-6-8-14(20)9-7-13)21-17(25)11-28-18(26)10-24-19(27)15-4-2-3-5-16(15)22-23-24/h2-9,12H,10-11H2,1H3,(H,21,25). The van der Waals surface area contributed by atoms with Crippen LogP contribution in [0.5, 0.6) is 0 Å². The molecule has 0 aliphatic carbocycles. The Bertz CT molecular complexity index is 1070. The van der Waals surface area contributed by atoms with Crippen LogP contribution in [0.25, 0.3) is 10.9 Å². The first kappa shape index (κ1) is 19.7. The minimum atomic E-state index is -0.752. The first-order valence-corrected chi connectivity index (χ1v) is 9.26. The largest absolute Gasteiger partial charge is 0.454 e. The quantitative estimate of drug-likeness (QED) is 0.582. The highest BCUT2D eigenvalue weighted by Crippen LogP contribution is 2.16. The molecule has 3 rings (SSSR count). The molecule has 1 atom stereocenters. The Kier molecular flexibility index (Phi) is 6.15. The van der Waals surface area contributed by atoms with Gasteiger partial charge in [0.1, 0.15) is 12.1 Å². The molecule has 0 saturated heterocycles. The molecule has 28 heavy (non-hydrogen) atoms. The van der Waals surface area contributed by atoms with Crippen LogP contribution < -0.4 is 10.9 Å². The summed E-state index contributed by atoms with van der Waals surface area (Å²) in [6.07, 6.45) is 0. The fraction of sp³-hybridized carbons (Fsp3) is 0.211. The molecule has 0 spiro atoms. The molecule has 0 saturated carbocycles. The number of fused-ring (bicyclic) bond motifs is 1. The van der Waals surface area contributed by atoms with Crippen LogP contribution in [0.1, 0.15) is 18.5 Å². The molecule has 1 amide bonds. The van der Waals surface area contributed by atoms with Crippen LogP contribution in [0.4, 0.5) is 0 Å². The van der Waals surface area contributed by atoms with Gasteiger partial charge in [-0.05, 0) is 36.8 Å². The molecule has 2 aromatic carbocycles. The summed E-state index contributed by atoms with van der Waals surface area (Å²) in [5.41, 5.74) is 0.912. The van der Waals surface area contributed by atoms with Crippen molar-refractivity contribution < 1.29 is 14.3 Å². The number of nitrogens with one attached hydrogen (secondary N) is 1. The molecule has 144 valence electrons. The predicted octanol–water partition coefficient (Wildman–Crippen LogP) is 1.97. The van der Waals surface area contributed by atoms with E-state index in [0.717, 1.165) is 14.7 Å².